The predicted molar refractivity (Wildman–Crippen MR) is 128 cm³/mol. The van der Waals surface area contributed by atoms with Gasteiger partial charge in [0.05, 0.1) is 27.6 Å². The van der Waals surface area contributed by atoms with Crippen LogP contribution in [0.2, 0.25) is 4.34 Å². The number of hydrogen-bond donors (Lipinski definition) is 1. The second-order valence-corrected chi connectivity index (χ2v) is 8.89. The largest absolute Gasteiger partial charge is 0.346 e. The SMILES string of the molecule is O=C(NCc1cn(-c2ccc(-n3ccccc3=O)cc2-c2cncnc2)nn1)c1ccc(Cl)s1. The molecule has 0 aliphatic heterocycles. The Morgan fingerprint density at radius 1 is 1.09 bits per heavy atom. The minimum atomic E-state index is -0.230. The maximum Gasteiger partial charge on any atom is 0.261 e. The van der Waals surface area contributed by atoms with Crippen molar-refractivity contribution in [2.24, 2.45) is 0 Å². The molecule has 0 saturated carbocycles. The van der Waals surface area contributed by atoms with Crippen LogP contribution >= 0.6 is 22.9 Å². The van der Waals surface area contributed by atoms with Crippen LogP contribution < -0.4 is 10.9 Å². The fourth-order valence-corrected chi connectivity index (χ4v) is 4.33. The van der Waals surface area contributed by atoms with Crippen molar-refractivity contribution in [2.75, 3.05) is 0 Å². The molecule has 0 aliphatic rings. The summed E-state index contributed by atoms with van der Waals surface area (Å²) in [4.78, 5) is 33.4. The summed E-state index contributed by atoms with van der Waals surface area (Å²) in [6, 6.07) is 13.9. The van der Waals surface area contributed by atoms with Crippen molar-refractivity contribution >= 4 is 28.8 Å². The first-order chi connectivity index (χ1) is 16.6. The highest BCUT2D eigenvalue weighted by Crippen LogP contribution is 2.28. The molecule has 0 radical (unpaired) electrons. The molecule has 34 heavy (non-hydrogen) atoms. The van der Waals surface area contributed by atoms with E-state index in [1.54, 1.807) is 58.3 Å². The summed E-state index contributed by atoms with van der Waals surface area (Å²) in [6.45, 7) is 0.204. The van der Waals surface area contributed by atoms with E-state index in [1.165, 1.54) is 23.7 Å². The summed E-state index contributed by atoms with van der Waals surface area (Å²) >= 11 is 7.11. The maximum atomic E-state index is 12.3. The molecule has 0 atom stereocenters. The molecule has 1 amide bonds. The molecule has 168 valence electrons. The molecule has 9 nitrogen and oxygen atoms in total. The predicted octanol–water partition coefficient (Wildman–Crippen LogP) is 3.52. The summed E-state index contributed by atoms with van der Waals surface area (Å²) in [6.07, 6.45) is 8.27. The molecule has 0 aliphatic carbocycles. The van der Waals surface area contributed by atoms with Gasteiger partial charge in [-0.2, -0.15) is 0 Å². The van der Waals surface area contributed by atoms with Crippen molar-refractivity contribution in [1.82, 2.24) is 34.8 Å². The van der Waals surface area contributed by atoms with Crippen LogP contribution in [-0.2, 0) is 6.54 Å². The molecule has 1 N–H and O–H groups in total. The van der Waals surface area contributed by atoms with Gasteiger partial charge in [0.25, 0.3) is 11.5 Å². The molecule has 0 unspecified atom stereocenters. The molecule has 1 aromatic carbocycles. The van der Waals surface area contributed by atoms with E-state index in [-0.39, 0.29) is 18.0 Å². The Hall–Kier alpha value is -4.15. The number of halogens is 1. The van der Waals surface area contributed by atoms with E-state index in [0.29, 0.717) is 20.6 Å². The summed E-state index contributed by atoms with van der Waals surface area (Å²) in [5.74, 6) is -0.230. The monoisotopic (exact) mass is 489 g/mol. The molecule has 11 heteroatoms. The highest BCUT2D eigenvalue weighted by Gasteiger charge is 2.14. The quantitative estimate of drug-likeness (QED) is 0.391. The zero-order valence-electron chi connectivity index (χ0n) is 17.5. The van der Waals surface area contributed by atoms with Crippen molar-refractivity contribution < 1.29 is 4.79 Å². The molecule has 0 spiro atoms. The smallest absolute Gasteiger partial charge is 0.261 e. The van der Waals surface area contributed by atoms with Gasteiger partial charge in [0.1, 0.15) is 12.0 Å². The molecule has 0 bridgehead atoms. The van der Waals surface area contributed by atoms with Crippen LogP contribution in [0.5, 0.6) is 0 Å². The van der Waals surface area contributed by atoms with E-state index in [2.05, 4.69) is 25.6 Å². The number of carbonyl (C=O) groups is 1. The van der Waals surface area contributed by atoms with E-state index >= 15 is 0 Å². The molecular weight excluding hydrogens is 474 g/mol. The summed E-state index contributed by atoms with van der Waals surface area (Å²) < 4.78 is 3.72. The first-order valence-electron chi connectivity index (χ1n) is 10.1. The van der Waals surface area contributed by atoms with Crippen molar-refractivity contribution in [3.8, 4) is 22.5 Å². The lowest BCUT2D eigenvalue weighted by molar-refractivity contribution is 0.0954. The summed E-state index contributed by atoms with van der Waals surface area (Å²) in [5, 5.41) is 11.2. The van der Waals surface area contributed by atoms with Gasteiger partial charge in [-0.25, -0.2) is 14.6 Å². The Balaban J connectivity index is 1.46. The maximum absolute atomic E-state index is 12.3. The van der Waals surface area contributed by atoms with Gasteiger partial charge in [-0.05, 0) is 36.4 Å². The summed E-state index contributed by atoms with van der Waals surface area (Å²) in [7, 11) is 0. The fourth-order valence-electron chi connectivity index (χ4n) is 3.38. The Labute approximate surface area is 202 Å². The topological polar surface area (TPSA) is 108 Å². The molecule has 4 heterocycles. The zero-order chi connectivity index (χ0) is 23.5. The zero-order valence-corrected chi connectivity index (χ0v) is 19.1. The molecule has 4 aromatic heterocycles. The number of aromatic nitrogens is 6. The van der Waals surface area contributed by atoms with Crippen molar-refractivity contribution in [1.29, 1.82) is 0 Å². The van der Waals surface area contributed by atoms with E-state index in [0.717, 1.165) is 16.8 Å². The van der Waals surface area contributed by atoms with Gasteiger partial charge < -0.3 is 5.32 Å². The lowest BCUT2D eigenvalue weighted by Crippen LogP contribution is -2.21. The Kier molecular flexibility index (Phi) is 5.98. The number of hydrogen-bond acceptors (Lipinski definition) is 7. The lowest BCUT2D eigenvalue weighted by Gasteiger charge is -2.12. The van der Waals surface area contributed by atoms with Crippen LogP contribution in [0, 0.1) is 0 Å². The second-order valence-electron chi connectivity index (χ2n) is 7.18. The molecular formula is C23H16ClN7O2S. The van der Waals surface area contributed by atoms with Gasteiger partial charge in [-0.1, -0.05) is 22.9 Å². The van der Waals surface area contributed by atoms with Gasteiger partial charge in [-0.3, -0.25) is 14.2 Å². The van der Waals surface area contributed by atoms with Gasteiger partial charge in [0.15, 0.2) is 0 Å². The first kappa shape index (κ1) is 21.7. The van der Waals surface area contributed by atoms with Crippen LogP contribution in [-0.4, -0.2) is 35.4 Å². The van der Waals surface area contributed by atoms with Gasteiger partial charge >= 0.3 is 0 Å². The Morgan fingerprint density at radius 3 is 2.71 bits per heavy atom. The highest BCUT2D eigenvalue weighted by atomic mass is 35.5. The van der Waals surface area contributed by atoms with Crippen LogP contribution in [0.4, 0.5) is 0 Å². The average Bonchev–Trinajstić information content (AvgIpc) is 3.52. The number of pyridine rings is 1. The number of benzene rings is 1. The van der Waals surface area contributed by atoms with Crippen LogP contribution in [0.25, 0.3) is 22.5 Å². The van der Waals surface area contributed by atoms with Crippen LogP contribution in [0.3, 0.4) is 0 Å². The molecule has 0 saturated heterocycles. The minimum Gasteiger partial charge on any atom is -0.346 e. The Morgan fingerprint density at radius 2 is 1.94 bits per heavy atom. The number of carbonyl (C=O) groups excluding carboxylic acids is 1. The molecule has 0 fully saturated rings. The van der Waals surface area contributed by atoms with E-state index in [9.17, 15) is 9.59 Å². The number of thiophene rings is 1. The third kappa shape index (κ3) is 4.49. The van der Waals surface area contributed by atoms with Crippen LogP contribution in [0.1, 0.15) is 15.4 Å². The lowest BCUT2D eigenvalue weighted by atomic mass is 10.1. The van der Waals surface area contributed by atoms with Gasteiger partial charge in [0.2, 0.25) is 0 Å². The third-order valence-electron chi connectivity index (χ3n) is 4.97. The number of nitrogens with one attached hydrogen (secondary N) is 1. The first-order valence-corrected chi connectivity index (χ1v) is 11.3. The van der Waals surface area contributed by atoms with E-state index in [1.807, 2.05) is 18.2 Å². The highest BCUT2D eigenvalue weighted by molar-refractivity contribution is 7.17. The normalized spacial score (nSPS) is 10.9. The number of rotatable bonds is 6. The van der Waals surface area contributed by atoms with Crippen molar-refractivity contribution in [3.05, 3.63) is 105 Å². The number of amides is 1. The fraction of sp³-hybridized carbons (Fsp3) is 0.0435. The second kappa shape index (κ2) is 9.38. The van der Waals surface area contributed by atoms with Gasteiger partial charge in [-0.15, -0.1) is 16.4 Å². The van der Waals surface area contributed by atoms with Gasteiger partial charge in [0, 0.05) is 41.5 Å². The minimum absolute atomic E-state index is 0.142. The van der Waals surface area contributed by atoms with E-state index in [4.69, 9.17) is 11.6 Å². The Bertz CT molecular complexity index is 1530. The summed E-state index contributed by atoms with van der Waals surface area (Å²) in [5.41, 5.74) is 3.37. The standard InChI is InChI=1S/C23H16ClN7O2S/c24-21-7-6-20(34-21)23(33)27-12-16-13-31(29-28-16)19-5-4-17(30-8-2-1-3-22(30)32)9-18(19)15-10-25-14-26-11-15/h1-11,13-14H,12H2,(H,27,33). The molecule has 5 aromatic rings. The van der Waals surface area contributed by atoms with Crippen molar-refractivity contribution in [3.63, 3.8) is 0 Å². The number of nitrogens with zero attached hydrogens (tertiary/aromatic N) is 6. The molecule has 5 rings (SSSR count). The van der Waals surface area contributed by atoms with Crippen molar-refractivity contribution in [2.45, 2.75) is 6.54 Å². The van der Waals surface area contributed by atoms with E-state index < -0.39 is 0 Å². The average molecular weight is 490 g/mol. The van der Waals surface area contributed by atoms with Crippen LogP contribution in [0.15, 0.2) is 84.4 Å². The third-order valence-corrected chi connectivity index (χ3v) is 6.20.